The number of ether oxygens (including phenoxy) is 1. The van der Waals surface area contributed by atoms with Crippen molar-refractivity contribution in [2.24, 2.45) is 0 Å². The largest absolute Gasteiger partial charge is 0.497 e. The number of rotatable bonds is 4. The molecule has 0 saturated carbocycles. The van der Waals surface area contributed by atoms with E-state index in [1.807, 2.05) is 35.4 Å². The Morgan fingerprint density at radius 3 is 2.70 bits per heavy atom. The van der Waals surface area contributed by atoms with Crippen LogP contribution in [-0.2, 0) is 4.79 Å². The van der Waals surface area contributed by atoms with Gasteiger partial charge in [-0.05, 0) is 56.6 Å². The molecule has 2 aromatic carbocycles. The highest BCUT2D eigenvalue weighted by Gasteiger charge is 2.35. The molecule has 30 heavy (non-hydrogen) atoms. The molecule has 5 heteroatoms. The maximum absolute atomic E-state index is 13.6. The average molecular weight is 402 g/mol. The van der Waals surface area contributed by atoms with E-state index in [4.69, 9.17) is 4.74 Å². The van der Waals surface area contributed by atoms with Crippen molar-refractivity contribution in [2.45, 2.75) is 26.2 Å². The average Bonchev–Trinajstić information content (AvgIpc) is 3.33. The molecule has 1 amide bonds. The van der Waals surface area contributed by atoms with Crippen LogP contribution in [-0.4, -0.2) is 42.7 Å². The maximum atomic E-state index is 13.6. The van der Waals surface area contributed by atoms with Gasteiger partial charge in [0.2, 0.25) is 0 Å². The third kappa shape index (κ3) is 3.10. The second kappa shape index (κ2) is 7.65. The summed E-state index contributed by atoms with van der Waals surface area (Å²) in [6.07, 6.45) is 5.71. The van der Waals surface area contributed by atoms with E-state index < -0.39 is 0 Å². The van der Waals surface area contributed by atoms with Crippen LogP contribution in [0.2, 0.25) is 0 Å². The first-order valence-electron chi connectivity index (χ1n) is 10.7. The third-order valence-electron chi connectivity index (χ3n) is 6.38. The van der Waals surface area contributed by atoms with E-state index in [9.17, 15) is 4.79 Å². The van der Waals surface area contributed by atoms with Crippen LogP contribution < -0.4 is 9.64 Å². The first-order chi connectivity index (χ1) is 14.7. The maximum Gasteiger partial charge on any atom is 0.260 e. The SMILES string of the molecule is COc1ccc2c(C(C)=C3C(=O)N(CN4CCCCC4)c4ccccc43)c[nH]c2c1. The second-order valence-corrected chi connectivity index (χ2v) is 8.18. The zero-order valence-electron chi connectivity index (χ0n) is 17.6. The monoisotopic (exact) mass is 401 g/mol. The van der Waals surface area contributed by atoms with Gasteiger partial charge in [0.05, 0.1) is 25.0 Å². The predicted molar refractivity (Wildman–Crippen MR) is 122 cm³/mol. The molecule has 1 fully saturated rings. The highest BCUT2D eigenvalue weighted by Crippen LogP contribution is 2.42. The van der Waals surface area contributed by atoms with Crippen LogP contribution in [0.4, 0.5) is 5.69 Å². The number of fused-ring (bicyclic) bond motifs is 2. The smallest absolute Gasteiger partial charge is 0.260 e. The Morgan fingerprint density at radius 1 is 1.10 bits per heavy atom. The lowest BCUT2D eigenvalue weighted by molar-refractivity contribution is -0.113. The van der Waals surface area contributed by atoms with Crippen molar-refractivity contribution < 1.29 is 9.53 Å². The lowest BCUT2D eigenvalue weighted by atomic mass is 9.96. The molecule has 0 bridgehead atoms. The van der Waals surface area contributed by atoms with Crippen LogP contribution in [0.15, 0.2) is 48.7 Å². The molecule has 5 rings (SSSR count). The Morgan fingerprint density at radius 2 is 1.90 bits per heavy atom. The first-order valence-corrected chi connectivity index (χ1v) is 10.7. The number of methoxy groups -OCH3 is 1. The van der Waals surface area contributed by atoms with Gasteiger partial charge in [-0.1, -0.05) is 24.6 Å². The van der Waals surface area contributed by atoms with Crippen LogP contribution in [0.3, 0.4) is 0 Å². The molecule has 5 nitrogen and oxygen atoms in total. The molecule has 1 aromatic heterocycles. The van der Waals surface area contributed by atoms with E-state index in [1.165, 1.54) is 19.3 Å². The van der Waals surface area contributed by atoms with E-state index >= 15 is 0 Å². The molecule has 154 valence electrons. The molecule has 0 unspecified atom stereocenters. The van der Waals surface area contributed by atoms with Gasteiger partial charge in [-0.15, -0.1) is 0 Å². The van der Waals surface area contributed by atoms with Gasteiger partial charge in [-0.2, -0.15) is 0 Å². The number of carbonyl (C=O) groups is 1. The number of hydrogen-bond donors (Lipinski definition) is 1. The fourth-order valence-electron chi connectivity index (χ4n) is 4.76. The number of hydrogen-bond acceptors (Lipinski definition) is 3. The number of nitrogens with zero attached hydrogens (tertiary/aromatic N) is 2. The van der Waals surface area contributed by atoms with E-state index in [1.54, 1.807) is 7.11 Å². The number of benzene rings is 2. The summed E-state index contributed by atoms with van der Waals surface area (Å²) in [5.74, 6) is 0.915. The van der Waals surface area contributed by atoms with Gasteiger partial charge >= 0.3 is 0 Å². The summed E-state index contributed by atoms with van der Waals surface area (Å²) in [5.41, 5.74) is 5.92. The number of piperidine rings is 1. The Hall–Kier alpha value is -3.05. The van der Waals surface area contributed by atoms with E-state index in [2.05, 4.69) is 35.0 Å². The van der Waals surface area contributed by atoms with Gasteiger partial charge in [0.1, 0.15) is 5.75 Å². The lowest BCUT2D eigenvalue weighted by Crippen LogP contribution is -2.42. The molecule has 2 aliphatic heterocycles. The van der Waals surface area contributed by atoms with Crippen molar-refractivity contribution >= 4 is 33.6 Å². The summed E-state index contributed by atoms with van der Waals surface area (Å²) in [5, 5.41) is 1.10. The summed E-state index contributed by atoms with van der Waals surface area (Å²) >= 11 is 0. The number of likely N-dealkylation sites (tertiary alicyclic amines) is 1. The number of anilines is 1. The number of nitrogens with one attached hydrogen (secondary N) is 1. The van der Waals surface area contributed by atoms with Crippen LogP contribution in [0, 0.1) is 0 Å². The van der Waals surface area contributed by atoms with Crippen molar-refractivity contribution in [2.75, 3.05) is 31.8 Å². The summed E-state index contributed by atoms with van der Waals surface area (Å²) in [6, 6.07) is 14.2. The number of aromatic amines is 1. The Bertz CT molecular complexity index is 1140. The standard InChI is InChI=1S/C25H27N3O2/c1-17(21-15-26-22-14-18(30-2)10-11-19(21)22)24-20-8-4-5-9-23(20)28(25(24)29)16-27-12-6-3-7-13-27/h4-5,8-11,14-15,26H,3,6-7,12-13,16H2,1-2H3. The Balaban J connectivity index is 1.58. The molecule has 3 heterocycles. The van der Waals surface area contributed by atoms with Crippen LogP contribution in [0.5, 0.6) is 5.75 Å². The van der Waals surface area contributed by atoms with Gasteiger partial charge in [0.15, 0.2) is 0 Å². The normalized spacial score (nSPS) is 18.7. The molecule has 1 saturated heterocycles. The predicted octanol–water partition coefficient (Wildman–Crippen LogP) is 4.90. The topological polar surface area (TPSA) is 48.6 Å². The van der Waals surface area contributed by atoms with E-state index in [-0.39, 0.29) is 5.91 Å². The van der Waals surface area contributed by atoms with Crippen LogP contribution >= 0.6 is 0 Å². The number of carbonyl (C=O) groups excluding carboxylic acids is 1. The first kappa shape index (κ1) is 18.9. The number of amides is 1. The van der Waals surface area contributed by atoms with Crippen LogP contribution in [0.1, 0.15) is 37.3 Å². The zero-order valence-corrected chi connectivity index (χ0v) is 17.6. The van der Waals surface area contributed by atoms with Crippen molar-refractivity contribution in [1.82, 2.24) is 9.88 Å². The van der Waals surface area contributed by atoms with Crippen LogP contribution in [0.25, 0.3) is 22.0 Å². The molecule has 3 aromatic rings. The number of allylic oxidation sites excluding steroid dienone is 1. The van der Waals surface area contributed by atoms with Gasteiger partial charge in [-0.25, -0.2) is 0 Å². The highest BCUT2D eigenvalue weighted by molar-refractivity contribution is 6.38. The number of aromatic nitrogens is 1. The fraction of sp³-hybridized carbons (Fsp3) is 0.320. The number of para-hydroxylation sites is 1. The molecular formula is C25H27N3O2. The zero-order chi connectivity index (χ0) is 20.7. The minimum Gasteiger partial charge on any atom is -0.497 e. The minimum atomic E-state index is 0.0992. The van der Waals surface area contributed by atoms with Crippen molar-refractivity contribution in [3.63, 3.8) is 0 Å². The summed E-state index contributed by atoms with van der Waals surface area (Å²) < 4.78 is 5.34. The van der Waals surface area contributed by atoms with Crippen molar-refractivity contribution in [3.8, 4) is 5.75 Å². The van der Waals surface area contributed by atoms with E-state index in [0.717, 1.165) is 57.7 Å². The highest BCUT2D eigenvalue weighted by atomic mass is 16.5. The van der Waals surface area contributed by atoms with Gasteiger partial charge in [0, 0.05) is 34.3 Å². The minimum absolute atomic E-state index is 0.0992. The molecule has 2 aliphatic rings. The molecule has 0 spiro atoms. The summed E-state index contributed by atoms with van der Waals surface area (Å²) in [6.45, 7) is 4.85. The molecule has 0 aliphatic carbocycles. The Kier molecular flexibility index (Phi) is 4.83. The van der Waals surface area contributed by atoms with Gasteiger partial charge in [0.25, 0.3) is 5.91 Å². The van der Waals surface area contributed by atoms with Crippen molar-refractivity contribution in [3.05, 3.63) is 59.8 Å². The van der Waals surface area contributed by atoms with E-state index in [0.29, 0.717) is 6.67 Å². The fourth-order valence-corrected chi connectivity index (χ4v) is 4.76. The quantitative estimate of drug-likeness (QED) is 0.633. The summed E-state index contributed by atoms with van der Waals surface area (Å²) in [4.78, 5) is 21.3. The molecular weight excluding hydrogens is 374 g/mol. The third-order valence-corrected chi connectivity index (χ3v) is 6.38. The second-order valence-electron chi connectivity index (χ2n) is 8.18. The lowest BCUT2D eigenvalue weighted by Gasteiger charge is -2.30. The number of H-pyrrole nitrogens is 1. The Labute approximate surface area is 176 Å². The molecule has 0 atom stereocenters. The molecule has 0 radical (unpaired) electrons. The van der Waals surface area contributed by atoms with Gasteiger partial charge < -0.3 is 9.72 Å². The van der Waals surface area contributed by atoms with Gasteiger partial charge in [-0.3, -0.25) is 14.6 Å². The van der Waals surface area contributed by atoms with Crippen molar-refractivity contribution in [1.29, 1.82) is 0 Å². The summed E-state index contributed by atoms with van der Waals surface area (Å²) in [7, 11) is 1.67. The molecule has 1 N–H and O–H groups in total.